The monoisotopic (exact) mass is 573 g/mol. The average Bonchev–Trinajstić information content (AvgIpc) is 3.30. The zero-order valence-electron chi connectivity index (χ0n) is 26.0. The van der Waals surface area contributed by atoms with E-state index in [1.807, 2.05) is 43.7 Å². The van der Waals surface area contributed by atoms with E-state index >= 15 is 0 Å². The van der Waals surface area contributed by atoms with Gasteiger partial charge in [0.05, 0.1) is 13.2 Å². The molecular formula is C34H47N5O3. The number of anilines is 1. The molecule has 8 heteroatoms. The number of morpholine rings is 1. The highest BCUT2D eigenvalue weighted by molar-refractivity contribution is 6.02. The number of rotatable bonds is 10. The predicted octanol–water partition coefficient (Wildman–Crippen LogP) is 5.44. The van der Waals surface area contributed by atoms with Gasteiger partial charge in [-0.3, -0.25) is 9.69 Å². The highest BCUT2D eigenvalue weighted by Gasteiger charge is 2.22. The number of hydrogen-bond donors (Lipinski definition) is 3. The van der Waals surface area contributed by atoms with E-state index in [-0.39, 0.29) is 12.2 Å². The maximum absolute atomic E-state index is 12.7. The SMILES string of the molecule is CC(C)C.Cn1c(/C=C(\C#N)C(=O)NC(C)(C)CCO)ccc1-c1ccc2cc(NCCN3CCOCC3)ccc2c1. The van der Waals surface area contributed by atoms with Gasteiger partial charge >= 0.3 is 0 Å². The zero-order valence-corrected chi connectivity index (χ0v) is 26.0. The average molecular weight is 574 g/mol. The Morgan fingerprint density at radius 1 is 1.10 bits per heavy atom. The number of ether oxygens (including phenoxy) is 1. The normalized spacial score (nSPS) is 14.3. The molecule has 3 N–H and O–H groups in total. The smallest absolute Gasteiger partial charge is 0.262 e. The van der Waals surface area contributed by atoms with Crippen molar-refractivity contribution in [3.05, 3.63) is 59.8 Å². The maximum atomic E-state index is 12.7. The fourth-order valence-electron chi connectivity index (χ4n) is 4.67. The molecule has 1 aliphatic heterocycles. The van der Waals surface area contributed by atoms with Crippen molar-refractivity contribution in [2.75, 3.05) is 51.3 Å². The zero-order chi connectivity index (χ0) is 30.7. The first kappa shape index (κ1) is 32.9. The molecule has 8 nitrogen and oxygen atoms in total. The summed E-state index contributed by atoms with van der Waals surface area (Å²) in [5.41, 5.74) is 3.32. The minimum absolute atomic E-state index is 0.0240. The molecule has 226 valence electrons. The van der Waals surface area contributed by atoms with Crippen LogP contribution >= 0.6 is 0 Å². The van der Waals surface area contributed by atoms with E-state index < -0.39 is 11.4 Å². The molecule has 3 aromatic rings. The van der Waals surface area contributed by atoms with E-state index in [2.05, 4.69) is 72.7 Å². The van der Waals surface area contributed by atoms with Gasteiger partial charge in [0.1, 0.15) is 11.6 Å². The minimum Gasteiger partial charge on any atom is -0.396 e. The number of carbonyl (C=O) groups is 1. The Bertz CT molecular complexity index is 1390. The van der Waals surface area contributed by atoms with E-state index in [0.717, 1.165) is 78.7 Å². The molecule has 0 radical (unpaired) electrons. The molecular weight excluding hydrogens is 526 g/mol. The van der Waals surface area contributed by atoms with Crippen LogP contribution in [0.5, 0.6) is 0 Å². The Morgan fingerprint density at radius 3 is 2.43 bits per heavy atom. The van der Waals surface area contributed by atoms with Crippen molar-refractivity contribution < 1.29 is 14.6 Å². The molecule has 1 amide bonds. The highest BCUT2D eigenvalue weighted by atomic mass is 16.5. The molecule has 0 bridgehead atoms. The number of hydrogen-bond acceptors (Lipinski definition) is 6. The lowest BCUT2D eigenvalue weighted by molar-refractivity contribution is -0.118. The van der Waals surface area contributed by atoms with Gasteiger partial charge in [-0.15, -0.1) is 0 Å². The number of fused-ring (bicyclic) bond motifs is 1. The summed E-state index contributed by atoms with van der Waals surface area (Å²) in [6.45, 7) is 15.6. The van der Waals surface area contributed by atoms with Crippen molar-refractivity contribution in [1.82, 2.24) is 14.8 Å². The quantitative estimate of drug-likeness (QED) is 0.221. The highest BCUT2D eigenvalue weighted by Crippen LogP contribution is 2.28. The third-order valence-corrected chi connectivity index (χ3v) is 7.00. The number of aromatic nitrogens is 1. The Labute approximate surface area is 251 Å². The number of carbonyl (C=O) groups excluding carboxylic acids is 1. The first-order valence-electron chi connectivity index (χ1n) is 14.8. The number of aliphatic hydroxyl groups is 1. The third kappa shape index (κ3) is 9.73. The van der Waals surface area contributed by atoms with Crippen molar-refractivity contribution >= 4 is 28.4 Å². The largest absolute Gasteiger partial charge is 0.396 e. The first-order chi connectivity index (χ1) is 20.0. The lowest BCUT2D eigenvalue weighted by Gasteiger charge is -2.26. The van der Waals surface area contributed by atoms with Gasteiger partial charge in [-0.25, -0.2) is 0 Å². The van der Waals surface area contributed by atoms with Crippen LogP contribution < -0.4 is 10.6 Å². The standard InChI is InChI=1S/C30H37N5O3.C4H10/c1-30(2,10-15-36)33-29(37)25(21-31)20-27-8-9-28(34(27)3)24-5-4-23-19-26(7-6-22(23)18-24)32-11-12-35-13-16-38-17-14-35;1-4(2)3/h4-9,18-20,32,36H,10-17H2,1-3H3,(H,33,37);4H,1-3H3/b25-20+;. The van der Waals surface area contributed by atoms with Crippen LogP contribution in [-0.4, -0.2) is 72.0 Å². The second kappa shape index (κ2) is 15.5. The Morgan fingerprint density at radius 2 is 1.76 bits per heavy atom. The third-order valence-electron chi connectivity index (χ3n) is 7.00. The van der Waals surface area contributed by atoms with Crippen LogP contribution in [0.25, 0.3) is 28.1 Å². The number of nitriles is 1. The van der Waals surface area contributed by atoms with Crippen molar-refractivity contribution in [3.63, 3.8) is 0 Å². The van der Waals surface area contributed by atoms with Crippen molar-refractivity contribution in [3.8, 4) is 17.3 Å². The van der Waals surface area contributed by atoms with E-state index in [1.165, 1.54) is 0 Å². The van der Waals surface area contributed by atoms with Crippen molar-refractivity contribution in [2.24, 2.45) is 13.0 Å². The summed E-state index contributed by atoms with van der Waals surface area (Å²) in [5.74, 6) is 0.383. The van der Waals surface area contributed by atoms with Gasteiger partial charge < -0.3 is 25.0 Å². The lowest BCUT2D eigenvalue weighted by Crippen LogP contribution is -2.44. The van der Waals surface area contributed by atoms with E-state index in [4.69, 9.17) is 4.74 Å². The Hall–Kier alpha value is -3.64. The first-order valence-corrected chi connectivity index (χ1v) is 14.8. The molecule has 42 heavy (non-hydrogen) atoms. The summed E-state index contributed by atoms with van der Waals surface area (Å²) in [5, 5.41) is 27.5. The molecule has 0 atom stereocenters. The van der Waals surface area contributed by atoms with Gasteiger partial charge in [0, 0.05) is 62.4 Å². The second-order valence-electron chi connectivity index (χ2n) is 12.1. The number of benzene rings is 2. The predicted molar refractivity (Wildman–Crippen MR) is 172 cm³/mol. The minimum atomic E-state index is -0.607. The summed E-state index contributed by atoms with van der Waals surface area (Å²) in [6.07, 6.45) is 2.00. The van der Waals surface area contributed by atoms with Crippen LogP contribution in [0.15, 0.2) is 54.1 Å². The fraction of sp³-hybridized carbons (Fsp3) is 0.471. The van der Waals surface area contributed by atoms with Gasteiger partial charge in [0.25, 0.3) is 5.91 Å². The topological polar surface area (TPSA) is 103 Å². The van der Waals surface area contributed by atoms with Crippen LogP contribution in [0.4, 0.5) is 5.69 Å². The van der Waals surface area contributed by atoms with Crippen molar-refractivity contribution in [1.29, 1.82) is 5.26 Å². The van der Waals surface area contributed by atoms with Crippen LogP contribution in [-0.2, 0) is 16.6 Å². The number of aliphatic hydroxyl groups excluding tert-OH is 1. The van der Waals surface area contributed by atoms with E-state index in [1.54, 1.807) is 6.08 Å². The van der Waals surface area contributed by atoms with Crippen molar-refractivity contribution in [2.45, 2.75) is 46.6 Å². The molecule has 0 spiro atoms. The van der Waals surface area contributed by atoms with Gasteiger partial charge in [0.15, 0.2) is 0 Å². The summed E-state index contributed by atoms with van der Waals surface area (Å²) < 4.78 is 7.39. The summed E-state index contributed by atoms with van der Waals surface area (Å²) in [7, 11) is 1.93. The molecule has 1 fully saturated rings. The maximum Gasteiger partial charge on any atom is 0.262 e. The van der Waals surface area contributed by atoms with Crippen LogP contribution in [0.1, 0.15) is 46.7 Å². The molecule has 1 aliphatic rings. The van der Waals surface area contributed by atoms with Gasteiger partial charge in [0.2, 0.25) is 0 Å². The Kier molecular flexibility index (Phi) is 12.2. The molecule has 1 aromatic heterocycles. The number of nitrogens with one attached hydrogen (secondary N) is 2. The van der Waals surface area contributed by atoms with Crippen LogP contribution in [0.2, 0.25) is 0 Å². The van der Waals surface area contributed by atoms with Crippen LogP contribution in [0, 0.1) is 17.2 Å². The Balaban J connectivity index is 0.00000114. The number of nitrogens with zero attached hydrogens (tertiary/aromatic N) is 3. The van der Waals surface area contributed by atoms with E-state index in [0.29, 0.717) is 6.42 Å². The summed E-state index contributed by atoms with van der Waals surface area (Å²) in [4.78, 5) is 15.1. The van der Waals surface area contributed by atoms with Crippen LogP contribution in [0.3, 0.4) is 0 Å². The second-order valence-corrected chi connectivity index (χ2v) is 12.1. The molecule has 0 saturated carbocycles. The summed E-state index contributed by atoms with van der Waals surface area (Å²) in [6, 6.07) is 18.7. The molecule has 2 aromatic carbocycles. The fourth-order valence-corrected chi connectivity index (χ4v) is 4.67. The van der Waals surface area contributed by atoms with E-state index in [9.17, 15) is 15.2 Å². The van der Waals surface area contributed by atoms with Gasteiger partial charge in [-0.1, -0.05) is 39.0 Å². The molecule has 2 heterocycles. The molecule has 0 aliphatic carbocycles. The molecule has 4 rings (SSSR count). The molecule has 1 saturated heterocycles. The molecule has 0 unspecified atom stereocenters. The van der Waals surface area contributed by atoms with Gasteiger partial charge in [-0.05, 0) is 78.9 Å². The summed E-state index contributed by atoms with van der Waals surface area (Å²) >= 11 is 0. The number of amides is 1. The lowest BCUT2D eigenvalue weighted by atomic mass is 10.0. The van der Waals surface area contributed by atoms with Gasteiger partial charge in [-0.2, -0.15) is 5.26 Å².